The fourth-order valence-corrected chi connectivity index (χ4v) is 1.15. The van der Waals surface area contributed by atoms with Crippen molar-refractivity contribution in [3.8, 4) is 11.5 Å². The first kappa shape index (κ1) is 11.6. The number of rotatable bonds is 5. The Labute approximate surface area is 88.3 Å². The van der Waals surface area contributed by atoms with E-state index in [1.54, 1.807) is 32.4 Å². The molecular weight excluding hydrogens is 198 g/mol. The smallest absolute Gasteiger partial charge is 0.169 e. The summed E-state index contributed by atoms with van der Waals surface area (Å²) in [4.78, 5) is 0. The first-order valence-electron chi connectivity index (χ1n) is 4.49. The molecule has 1 aromatic carbocycles. The molecule has 0 atom stereocenters. The number of methoxy groups -OCH3 is 2. The van der Waals surface area contributed by atoms with E-state index < -0.39 is 6.29 Å². The van der Waals surface area contributed by atoms with Gasteiger partial charge >= 0.3 is 0 Å². The molecule has 0 amide bonds. The molecule has 1 aromatic rings. The van der Waals surface area contributed by atoms with Gasteiger partial charge in [-0.15, -0.1) is 0 Å². The van der Waals surface area contributed by atoms with Gasteiger partial charge < -0.3 is 25.0 Å². The van der Waals surface area contributed by atoms with Gasteiger partial charge in [0, 0.05) is 6.07 Å². The Morgan fingerprint density at radius 1 is 1.27 bits per heavy atom. The summed E-state index contributed by atoms with van der Waals surface area (Å²) < 4.78 is 10.1. The lowest BCUT2D eigenvalue weighted by molar-refractivity contribution is -0.0276. The second kappa shape index (κ2) is 5.43. The third-order valence-corrected chi connectivity index (χ3v) is 1.88. The first-order valence-corrected chi connectivity index (χ1v) is 4.49. The molecule has 15 heavy (non-hydrogen) atoms. The van der Waals surface area contributed by atoms with Crippen molar-refractivity contribution in [1.29, 1.82) is 0 Å². The van der Waals surface area contributed by atoms with Crippen LogP contribution < -0.4 is 14.8 Å². The molecule has 0 aliphatic rings. The molecule has 0 unspecified atom stereocenters. The number of ether oxygens (including phenoxy) is 2. The van der Waals surface area contributed by atoms with E-state index in [9.17, 15) is 0 Å². The summed E-state index contributed by atoms with van der Waals surface area (Å²) in [7, 11) is 3.11. The van der Waals surface area contributed by atoms with Crippen molar-refractivity contribution in [2.24, 2.45) is 0 Å². The Kier molecular flexibility index (Phi) is 4.20. The highest BCUT2D eigenvalue weighted by atomic mass is 16.5. The molecule has 0 radical (unpaired) electrons. The summed E-state index contributed by atoms with van der Waals surface area (Å²) in [5, 5.41) is 20.3. The van der Waals surface area contributed by atoms with Gasteiger partial charge in [-0.3, -0.25) is 0 Å². The van der Waals surface area contributed by atoms with Crippen molar-refractivity contribution in [2.45, 2.75) is 6.29 Å². The second-order valence-corrected chi connectivity index (χ2v) is 2.93. The van der Waals surface area contributed by atoms with Crippen LogP contribution in [0.1, 0.15) is 0 Å². The average Bonchev–Trinajstić information content (AvgIpc) is 2.25. The van der Waals surface area contributed by atoms with Crippen molar-refractivity contribution in [2.75, 3.05) is 26.1 Å². The van der Waals surface area contributed by atoms with Gasteiger partial charge in [0.2, 0.25) is 0 Å². The Balaban J connectivity index is 2.81. The Morgan fingerprint density at radius 2 is 2.00 bits per heavy atom. The molecule has 0 saturated heterocycles. The van der Waals surface area contributed by atoms with Crippen LogP contribution in [0.4, 0.5) is 5.69 Å². The highest BCUT2D eigenvalue weighted by Crippen LogP contribution is 2.28. The van der Waals surface area contributed by atoms with E-state index in [0.717, 1.165) is 0 Å². The maximum Gasteiger partial charge on any atom is 0.169 e. The summed E-state index contributed by atoms with van der Waals surface area (Å²) >= 11 is 0. The van der Waals surface area contributed by atoms with Gasteiger partial charge in [-0.1, -0.05) is 0 Å². The Morgan fingerprint density at radius 3 is 2.53 bits per heavy atom. The molecule has 0 fully saturated rings. The van der Waals surface area contributed by atoms with Gasteiger partial charge in [0.25, 0.3) is 0 Å². The van der Waals surface area contributed by atoms with Crippen molar-refractivity contribution < 1.29 is 19.7 Å². The van der Waals surface area contributed by atoms with E-state index in [4.69, 9.17) is 19.7 Å². The summed E-state index contributed by atoms with van der Waals surface area (Å²) in [6.45, 7) is 0.0313. The number of hydrogen-bond acceptors (Lipinski definition) is 5. The zero-order valence-corrected chi connectivity index (χ0v) is 8.73. The minimum atomic E-state index is -1.40. The van der Waals surface area contributed by atoms with Gasteiger partial charge in [-0.05, 0) is 12.1 Å². The van der Waals surface area contributed by atoms with Crippen LogP contribution in [-0.4, -0.2) is 37.3 Å². The maximum absolute atomic E-state index is 8.72. The third kappa shape index (κ3) is 3.30. The molecule has 0 saturated carbocycles. The molecular formula is C10H15NO4. The van der Waals surface area contributed by atoms with Crippen LogP contribution in [0.3, 0.4) is 0 Å². The van der Waals surface area contributed by atoms with E-state index in [1.807, 2.05) is 0 Å². The van der Waals surface area contributed by atoms with E-state index >= 15 is 0 Å². The molecule has 3 N–H and O–H groups in total. The van der Waals surface area contributed by atoms with Crippen molar-refractivity contribution in [1.82, 2.24) is 0 Å². The second-order valence-electron chi connectivity index (χ2n) is 2.93. The SMILES string of the molecule is COc1ccc(OC)c(NCC(O)O)c1. The molecule has 0 heterocycles. The fraction of sp³-hybridized carbons (Fsp3) is 0.400. The summed E-state index contributed by atoms with van der Waals surface area (Å²) in [6.07, 6.45) is -1.40. The normalized spacial score (nSPS) is 10.2. The van der Waals surface area contributed by atoms with E-state index in [0.29, 0.717) is 17.2 Å². The van der Waals surface area contributed by atoms with Crippen molar-refractivity contribution >= 4 is 5.69 Å². The Hall–Kier alpha value is -1.46. The van der Waals surface area contributed by atoms with E-state index in [1.165, 1.54) is 0 Å². The van der Waals surface area contributed by atoms with Gasteiger partial charge in [0.1, 0.15) is 11.5 Å². The zero-order chi connectivity index (χ0) is 11.3. The maximum atomic E-state index is 8.72. The highest BCUT2D eigenvalue weighted by Gasteiger charge is 2.05. The molecule has 5 heteroatoms. The van der Waals surface area contributed by atoms with Gasteiger partial charge in [0.15, 0.2) is 6.29 Å². The summed E-state index contributed by atoms with van der Waals surface area (Å²) in [6, 6.07) is 5.23. The van der Waals surface area contributed by atoms with Crippen LogP contribution >= 0.6 is 0 Å². The topological polar surface area (TPSA) is 71.0 Å². The molecule has 0 aliphatic carbocycles. The minimum Gasteiger partial charge on any atom is -0.497 e. The number of anilines is 1. The lowest BCUT2D eigenvalue weighted by atomic mass is 10.2. The number of aliphatic hydroxyl groups excluding tert-OH is 1. The van der Waals surface area contributed by atoms with Crippen LogP contribution in [0, 0.1) is 0 Å². The van der Waals surface area contributed by atoms with E-state index in [2.05, 4.69) is 5.32 Å². The van der Waals surface area contributed by atoms with Crippen LogP contribution in [0.25, 0.3) is 0 Å². The van der Waals surface area contributed by atoms with Crippen LogP contribution in [0.15, 0.2) is 18.2 Å². The number of aliphatic hydroxyl groups is 2. The minimum absolute atomic E-state index is 0.0313. The van der Waals surface area contributed by atoms with Crippen molar-refractivity contribution in [3.05, 3.63) is 18.2 Å². The largest absolute Gasteiger partial charge is 0.497 e. The molecule has 0 aromatic heterocycles. The van der Waals surface area contributed by atoms with Gasteiger partial charge in [-0.25, -0.2) is 0 Å². The lowest BCUT2D eigenvalue weighted by Crippen LogP contribution is -2.18. The predicted octanol–water partition coefficient (Wildman–Crippen LogP) is 0.426. The molecule has 0 aliphatic heterocycles. The number of nitrogens with one attached hydrogen (secondary N) is 1. The predicted molar refractivity (Wildman–Crippen MR) is 56.3 cm³/mol. The van der Waals surface area contributed by atoms with Gasteiger partial charge in [0.05, 0.1) is 26.5 Å². The van der Waals surface area contributed by atoms with E-state index in [-0.39, 0.29) is 6.54 Å². The van der Waals surface area contributed by atoms with Crippen LogP contribution in [-0.2, 0) is 0 Å². The summed E-state index contributed by atoms with van der Waals surface area (Å²) in [5.41, 5.74) is 0.657. The molecule has 5 nitrogen and oxygen atoms in total. The fourth-order valence-electron chi connectivity index (χ4n) is 1.15. The molecule has 1 rings (SSSR count). The zero-order valence-electron chi connectivity index (χ0n) is 8.73. The monoisotopic (exact) mass is 213 g/mol. The number of benzene rings is 1. The first-order chi connectivity index (χ1) is 7.17. The molecule has 0 spiro atoms. The standard InChI is InChI=1S/C10H15NO4/c1-14-7-3-4-9(15-2)8(5-7)11-6-10(12)13/h3-5,10-13H,6H2,1-2H3. The van der Waals surface area contributed by atoms with Crippen molar-refractivity contribution in [3.63, 3.8) is 0 Å². The Bertz CT molecular complexity index is 314. The quantitative estimate of drug-likeness (QED) is 0.618. The third-order valence-electron chi connectivity index (χ3n) is 1.88. The van der Waals surface area contributed by atoms with Crippen LogP contribution in [0.5, 0.6) is 11.5 Å². The lowest BCUT2D eigenvalue weighted by Gasteiger charge is -2.13. The van der Waals surface area contributed by atoms with Crippen LogP contribution in [0.2, 0.25) is 0 Å². The molecule has 84 valence electrons. The average molecular weight is 213 g/mol. The van der Waals surface area contributed by atoms with Gasteiger partial charge in [-0.2, -0.15) is 0 Å². The summed E-state index contributed by atoms with van der Waals surface area (Å²) in [5.74, 6) is 1.29. The molecule has 0 bridgehead atoms. The highest BCUT2D eigenvalue weighted by molar-refractivity contribution is 5.59. The number of hydrogen-bond donors (Lipinski definition) is 3.